The highest BCUT2D eigenvalue weighted by Crippen LogP contribution is 2.31. The molecule has 0 saturated heterocycles. The summed E-state index contributed by atoms with van der Waals surface area (Å²) < 4.78 is 0. The van der Waals surface area contributed by atoms with Gasteiger partial charge in [0, 0.05) is 18.9 Å². The lowest BCUT2D eigenvalue weighted by Crippen LogP contribution is -2.26. The van der Waals surface area contributed by atoms with Crippen LogP contribution in [0.4, 0.5) is 0 Å². The second-order valence-electron chi connectivity index (χ2n) is 5.00. The Balaban J connectivity index is 2.03. The lowest BCUT2D eigenvalue weighted by molar-refractivity contribution is -0.121. The number of hydrogen-bond acceptors (Lipinski definition) is 2. The highest BCUT2D eigenvalue weighted by molar-refractivity contribution is 5.79. The molecule has 17 heavy (non-hydrogen) atoms. The van der Waals surface area contributed by atoms with Crippen molar-refractivity contribution in [3.8, 4) is 0 Å². The van der Waals surface area contributed by atoms with Crippen molar-refractivity contribution < 1.29 is 4.79 Å². The van der Waals surface area contributed by atoms with Crippen LogP contribution in [-0.4, -0.2) is 5.78 Å². The molecule has 0 amide bonds. The Morgan fingerprint density at radius 2 is 1.82 bits per heavy atom. The Hall–Kier alpha value is -1.15. The second-order valence-corrected chi connectivity index (χ2v) is 5.00. The van der Waals surface area contributed by atoms with Crippen LogP contribution in [0.1, 0.15) is 49.8 Å². The quantitative estimate of drug-likeness (QED) is 0.869. The number of aryl methyl sites for hydroxylation is 1. The molecule has 92 valence electrons. The van der Waals surface area contributed by atoms with Gasteiger partial charge < -0.3 is 5.73 Å². The Morgan fingerprint density at radius 1 is 1.24 bits per heavy atom. The SMILES string of the molecule is CCc1ccc(C(N)C2CCC(=O)CC2)cc1. The van der Waals surface area contributed by atoms with Gasteiger partial charge in [-0.1, -0.05) is 31.2 Å². The number of carbonyl (C=O) groups excluding carboxylic acids is 1. The molecule has 0 spiro atoms. The van der Waals surface area contributed by atoms with Crippen LogP contribution >= 0.6 is 0 Å². The maximum atomic E-state index is 11.2. The molecule has 2 heteroatoms. The average Bonchev–Trinajstić information content (AvgIpc) is 2.39. The Labute approximate surface area is 103 Å². The van der Waals surface area contributed by atoms with Crippen molar-refractivity contribution in [3.63, 3.8) is 0 Å². The van der Waals surface area contributed by atoms with E-state index in [4.69, 9.17) is 5.73 Å². The van der Waals surface area contributed by atoms with Crippen LogP contribution in [0.3, 0.4) is 0 Å². The minimum Gasteiger partial charge on any atom is -0.324 e. The Bertz CT molecular complexity index is 372. The first-order chi connectivity index (χ1) is 8.20. The van der Waals surface area contributed by atoms with E-state index in [0.29, 0.717) is 24.5 Å². The van der Waals surface area contributed by atoms with Crippen molar-refractivity contribution in [1.82, 2.24) is 0 Å². The topological polar surface area (TPSA) is 43.1 Å². The fourth-order valence-electron chi connectivity index (χ4n) is 2.57. The van der Waals surface area contributed by atoms with Gasteiger partial charge in [-0.2, -0.15) is 0 Å². The van der Waals surface area contributed by atoms with E-state index < -0.39 is 0 Å². The molecule has 0 bridgehead atoms. The van der Waals surface area contributed by atoms with Crippen molar-refractivity contribution in [2.75, 3.05) is 0 Å². The van der Waals surface area contributed by atoms with E-state index >= 15 is 0 Å². The van der Waals surface area contributed by atoms with E-state index in [1.165, 1.54) is 11.1 Å². The molecular formula is C15H21NO. The largest absolute Gasteiger partial charge is 0.324 e. The first-order valence-corrected chi connectivity index (χ1v) is 6.57. The standard InChI is InChI=1S/C15H21NO/c1-2-11-3-5-12(6-4-11)15(16)13-7-9-14(17)10-8-13/h3-6,13,15H,2,7-10,16H2,1H3. The summed E-state index contributed by atoms with van der Waals surface area (Å²) in [5.74, 6) is 0.870. The lowest BCUT2D eigenvalue weighted by Gasteiger charge is -2.27. The van der Waals surface area contributed by atoms with Gasteiger partial charge in [-0.3, -0.25) is 4.79 Å². The van der Waals surface area contributed by atoms with Gasteiger partial charge >= 0.3 is 0 Å². The van der Waals surface area contributed by atoms with E-state index in [1.54, 1.807) is 0 Å². The van der Waals surface area contributed by atoms with Gasteiger partial charge in [0.15, 0.2) is 0 Å². The van der Waals surface area contributed by atoms with E-state index in [0.717, 1.165) is 19.3 Å². The molecule has 1 aromatic carbocycles. The number of benzene rings is 1. The van der Waals surface area contributed by atoms with Crippen LogP contribution < -0.4 is 5.73 Å². The summed E-state index contributed by atoms with van der Waals surface area (Å²) in [6, 6.07) is 8.68. The summed E-state index contributed by atoms with van der Waals surface area (Å²) in [4.78, 5) is 11.2. The second kappa shape index (κ2) is 5.46. The normalized spacial score (nSPS) is 19.3. The monoisotopic (exact) mass is 231 g/mol. The predicted octanol–water partition coefficient (Wildman–Crippen LogP) is 3.01. The van der Waals surface area contributed by atoms with Crippen LogP contribution in [0.5, 0.6) is 0 Å². The van der Waals surface area contributed by atoms with Crippen LogP contribution in [0.15, 0.2) is 24.3 Å². The summed E-state index contributed by atoms with van der Waals surface area (Å²) in [6.07, 6.45) is 4.40. The molecule has 0 heterocycles. The van der Waals surface area contributed by atoms with Crippen LogP contribution in [-0.2, 0) is 11.2 Å². The third-order valence-electron chi connectivity index (χ3n) is 3.87. The first-order valence-electron chi connectivity index (χ1n) is 6.57. The number of carbonyl (C=O) groups is 1. The molecular weight excluding hydrogens is 210 g/mol. The summed E-state index contributed by atoms with van der Waals surface area (Å²) in [5, 5.41) is 0. The fraction of sp³-hybridized carbons (Fsp3) is 0.533. The van der Waals surface area contributed by atoms with Crippen LogP contribution in [0.25, 0.3) is 0 Å². The molecule has 1 aromatic rings. The number of ketones is 1. The third-order valence-corrected chi connectivity index (χ3v) is 3.87. The van der Waals surface area contributed by atoms with Crippen LogP contribution in [0.2, 0.25) is 0 Å². The minimum atomic E-state index is 0.0917. The van der Waals surface area contributed by atoms with Crippen molar-refractivity contribution in [1.29, 1.82) is 0 Å². The zero-order chi connectivity index (χ0) is 12.3. The van der Waals surface area contributed by atoms with Crippen LogP contribution in [0, 0.1) is 5.92 Å². The van der Waals surface area contributed by atoms with Crippen molar-refractivity contribution in [2.24, 2.45) is 11.7 Å². The van der Waals surface area contributed by atoms with Gasteiger partial charge in [0.1, 0.15) is 5.78 Å². The molecule has 1 fully saturated rings. The first kappa shape index (κ1) is 12.3. The van der Waals surface area contributed by atoms with Gasteiger partial charge in [0.25, 0.3) is 0 Å². The summed E-state index contributed by atoms with van der Waals surface area (Å²) in [6.45, 7) is 2.15. The van der Waals surface area contributed by atoms with Crippen molar-refractivity contribution in [3.05, 3.63) is 35.4 Å². The van der Waals surface area contributed by atoms with Gasteiger partial charge in [-0.15, -0.1) is 0 Å². The molecule has 1 aliphatic carbocycles. The molecule has 1 atom stereocenters. The number of rotatable bonds is 3. The molecule has 0 aliphatic heterocycles. The lowest BCUT2D eigenvalue weighted by atomic mass is 9.81. The fourth-order valence-corrected chi connectivity index (χ4v) is 2.57. The molecule has 0 radical (unpaired) electrons. The molecule has 0 aromatic heterocycles. The van der Waals surface area contributed by atoms with Gasteiger partial charge in [-0.25, -0.2) is 0 Å². The van der Waals surface area contributed by atoms with Crippen molar-refractivity contribution in [2.45, 2.75) is 45.1 Å². The predicted molar refractivity (Wildman–Crippen MR) is 69.7 cm³/mol. The Kier molecular flexibility index (Phi) is 3.95. The third kappa shape index (κ3) is 2.95. The molecule has 2 N–H and O–H groups in total. The minimum absolute atomic E-state index is 0.0917. The van der Waals surface area contributed by atoms with E-state index in [2.05, 4.69) is 31.2 Å². The maximum Gasteiger partial charge on any atom is 0.132 e. The van der Waals surface area contributed by atoms with E-state index in [-0.39, 0.29) is 6.04 Å². The molecule has 2 nitrogen and oxygen atoms in total. The van der Waals surface area contributed by atoms with Gasteiger partial charge in [0.2, 0.25) is 0 Å². The number of Topliss-reactive ketones (excluding diaryl/α,β-unsaturated/α-hetero) is 1. The zero-order valence-corrected chi connectivity index (χ0v) is 10.5. The molecule has 1 unspecified atom stereocenters. The molecule has 1 saturated carbocycles. The highest BCUT2D eigenvalue weighted by atomic mass is 16.1. The smallest absolute Gasteiger partial charge is 0.132 e. The van der Waals surface area contributed by atoms with Crippen molar-refractivity contribution >= 4 is 5.78 Å². The molecule has 2 rings (SSSR count). The average molecular weight is 231 g/mol. The summed E-state index contributed by atoms with van der Waals surface area (Å²) >= 11 is 0. The molecule has 1 aliphatic rings. The summed E-state index contributed by atoms with van der Waals surface area (Å²) in [5.41, 5.74) is 8.85. The van der Waals surface area contributed by atoms with E-state index in [1.807, 2.05) is 0 Å². The number of nitrogens with two attached hydrogens (primary N) is 1. The maximum absolute atomic E-state index is 11.2. The van der Waals surface area contributed by atoms with E-state index in [9.17, 15) is 4.79 Å². The highest BCUT2D eigenvalue weighted by Gasteiger charge is 2.24. The van der Waals surface area contributed by atoms with Gasteiger partial charge in [-0.05, 0) is 36.3 Å². The Morgan fingerprint density at radius 3 is 2.35 bits per heavy atom. The van der Waals surface area contributed by atoms with Gasteiger partial charge in [0.05, 0.1) is 0 Å². The zero-order valence-electron chi connectivity index (χ0n) is 10.5. The summed E-state index contributed by atoms with van der Waals surface area (Å²) in [7, 11) is 0. The number of hydrogen-bond donors (Lipinski definition) is 1.